The second-order valence-electron chi connectivity index (χ2n) is 5.07. The lowest BCUT2D eigenvalue weighted by atomic mass is 10.0. The Hall–Kier alpha value is -2.43. The largest absolute Gasteiger partial charge is 0.354 e. The van der Waals surface area contributed by atoms with Crippen molar-refractivity contribution in [2.75, 3.05) is 10.6 Å². The van der Waals surface area contributed by atoms with Crippen molar-refractivity contribution in [3.05, 3.63) is 48.4 Å². The van der Waals surface area contributed by atoms with Crippen molar-refractivity contribution < 1.29 is 9.18 Å². The Kier molecular flexibility index (Phi) is 5.47. The van der Waals surface area contributed by atoms with E-state index in [0.717, 1.165) is 18.5 Å². The molecule has 2 aromatic rings. The zero-order chi connectivity index (χ0) is 15.9. The molecule has 0 saturated carbocycles. The van der Waals surface area contributed by atoms with Crippen LogP contribution in [0.25, 0.3) is 0 Å². The van der Waals surface area contributed by atoms with Crippen molar-refractivity contribution in [3.63, 3.8) is 0 Å². The van der Waals surface area contributed by atoms with Gasteiger partial charge in [-0.15, -0.1) is 0 Å². The molecule has 0 fully saturated rings. The molecule has 0 aliphatic rings. The maximum Gasteiger partial charge on any atom is 0.228 e. The minimum atomic E-state index is -0.299. The molecule has 0 radical (unpaired) electrons. The smallest absolute Gasteiger partial charge is 0.228 e. The van der Waals surface area contributed by atoms with Crippen LogP contribution < -0.4 is 10.6 Å². The van der Waals surface area contributed by atoms with Gasteiger partial charge >= 0.3 is 0 Å². The van der Waals surface area contributed by atoms with Gasteiger partial charge in [0.05, 0.1) is 11.9 Å². The SMILES string of the molecule is CCC(CC)C(=O)Nc1ccc(Nc2cccc(F)c2)cn1. The van der Waals surface area contributed by atoms with E-state index < -0.39 is 0 Å². The van der Waals surface area contributed by atoms with Crippen molar-refractivity contribution in [1.29, 1.82) is 0 Å². The first-order chi connectivity index (χ1) is 10.6. The lowest BCUT2D eigenvalue weighted by molar-refractivity contribution is -0.120. The van der Waals surface area contributed by atoms with Crippen LogP contribution in [-0.2, 0) is 4.79 Å². The number of carbonyl (C=O) groups is 1. The van der Waals surface area contributed by atoms with Gasteiger partial charge < -0.3 is 10.6 Å². The third-order valence-electron chi connectivity index (χ3n) is 3.48. The average molecular weight is 301 g/mol. The highest BCUT2D eigenvalue weighted by Crippen LogP contribution is 2.18. The number of aromatic nitrogens is 1. The number of anilines is 3. The summed E-state index contributed by atoms with van der Waals surface area (Å²) in [5.74, 6) is 0.212. The van der Waals surface area contributed by atoms with Gasteiger partial charge in [-0.1, -0.05) is 19.9 Å². The highest BCUT2D eigenvalue weighted by molar-refractivity contribution is 5.91. The van der Waals surface area contributed by atoms with Crippen molar-refractivity contribution in [2.24, 2.45) is 5.92 Å². The number of hydrogen-bond donors (Lipinski definition) is 2. The van der Waals surface area contributed by atoms with Crippen LogP contribution in [0.4, 0.5) is 21.6 Å². The molecule has 5 heteroatoms. The summed E-state index contributed by atoms with van der Waals surface area (Å²) in [5.41, 5.74) is 1.38. The van der Waals surface area contributed by atoms with E-state index in [1.54, 1.807) is 30.5 Å². The normalized spacial score (nSPS) is 10.5. The molecular weight excluding hydrogens is 281 g/mol. The van der Waals surface area contributed by atoms with Crippen LogP contribution in [0.15, 0.2) is 42.6 Å². The molecule has 0 aliphatic heterocycles. The molecule has 1 heterocycles. The maximum atomic E-state index is 13.1. The number of nitrogens with zero attached hydrogens (tertiary/aromatic N) is 1. The summed E-state index contributed by atoms with van der Waals surface area (Å²) in [5, 5.41) is 5.86. The van der Waals surface area contributed by atoms with Gasteiger partial charge in [0.1, 0.15) is 11.6 Å². The van der Waals surface area contributed by atoms with Gasteiger partial charge in [-0.25, -0.2) is 9.37 Å². The minimum absolute atomic E-state index is 0.00638. The summed E-state index contributed by atoms with van der Waals surface area (Å²) in [6.07, 6.45) is 3.22. The first-order valence-corrected chi connectivity index (χ1v) is 7.42. The van der Waals surface area contributed by atoms with Crippen molar-refractivity contribution in [3.8, 4) is 0 Å². The summed E-state index contributed by atoms with van der Waals surface area (Å²) in [6, 6.07) is 9.71. The van der Waals surface area contributed by atoms with E-state index in [4.69, 9.17) is 0 Å². The summed E-state index contributed by atoms with van der Waals surface area (Å²) < 4.78 is 13.1. The van der Waals surface area contributed by atoms with Gasteiger partial charge in [0.2, 0.25) is 5.91 Å². The Morgan fingerprint density at radius 3 is 2.55 bits per heavy atom. The molecular formula is C17H20FN3O. The zero-order valence-corrected chi connectivity index (χ0v) is 12.8. The highest BCUT2D eigenvalue weighted by atomic mass is 19.1. The fourth-order valence-corrected chi connectivity index (χ4v) is 2.16. The van der Waals surface area contributed by atoms with Gasteiger partial charge in [0, 0.05) is 11.6 Å². The molecule has 1 aromatic carbocycles. The van der Waals surface area contributed by atoms with Crippen LogP contribution >= 0.6 is 0 Å². The maximum absolute atomic E-state index is 13.1. The minimum Gasteiger partial charge on any atom is -0.354 e. The number of pyridine rings is 1. The topological polar surface area (TPSA) is 54.0 Å². The fraction of sp³-hybridized carbons (Fsp3) is 0.294. The molecule has 116 valence electrons. The van der Waals surface area contributed by atoms with Crippen molar-refractivity contribution >= 4 is 23.1 Å². The quantitative estimate of drug-likeness (QED) is 0.834. The summed E-state index contributed by atoms with van der Waals surface area (Å²) in [4.78, 5) is 16.2. The van der Waals surface area contributed by atoms with Gasteiger partial charge in [-0.3, -0.25) is 4.79 Å². The Morgan fingerprint density at radius 2 is 1.95 bits per heavy atom. The Morgan fingerprint density at radius 1 is 1.18 bits per heavy atom. The number of hydrogen-bond acceptors (Lipinski definition) is 3. The Labute approximate surface area is 129 Å². The van der Waals surface area contributed by atoms with Crippen LogP contribution in [0.5, 0.6) is 0 Å². The van der Waals surface area contributed by atoms with Gasteiger partial charge in [-0.2, -0.15) is 0 Å². The van der Waals surface area contributed by atoms with Crippen LogP contribution in [-0.4, -0.2) is 10.9 Å². The van der Waals surface area contributed by atoms with E-state index in [9.17, 15) is 9.18 Å². The Bertz CT molecular complexity index is 624. The van der Waals surface area contributed by atoms with Crippen molar-refractivity contribution in [2.45, 2.75) is 26.7 Å². The number of rotatable bonds is 6. The fourth-order valence-electron chi connectivity index (χ4n) is 2.16. The van der Waals surface area contributed by atoms with Crippen LogP contribution in [0.1, 0.15) is 26.7 Å². The third-order valence-corrected chi connectivity index (χ3v) is 3.48. The molecule has 0 saturated heterocycles. The second-order valence-corrected chi connectivity index (χ2v) is 5.07. The lowest BCUT2D eigenvalue weighted by Crippen LogP contribution is -2.22. The molecule has 0 aliphatic carbocycles. The van der Waals surface area contributed by atoms with Crippen LogP contribution in [0, 0.1) is 11.7 Å². The van der Waals surface area contributed by atoms with E-state index >= 15 is 0 Å². The molecule has 0 unspecified atom stereocenters. The van der Waals surface area contributed by atoms with E-state index in [-0.39, 0.29) is 17.6 Å². The molecule has 0 atom stereocenters. The third kappa shape index (κ3) is 4.28. The number of amides is 1. The van der Waals surface area contributed by atoms with Crippen LogP contribution in [0.2, 0.25) is 0 Å². The standard InChI is InChI=1S/C17H20FN3O/c1-3-12(4-2)17(22)21-16-9-8-15(11-19-16)20-14-7-5-6-13(18)10-14/h5-12,20H,3-4H2,1-2H3,(H,19,21,22). The van der Waals surface area contributed by atoms with Crippen LogP contribution in [0.3, 0.4) is 0 Å². The molecule has 4 nitrogen and oxygen atoms in total. The predicted molar refractivity (Wildman–Crippen MR) is 86.6 cm³/mol. The number of benzene rings is 1. The highest BCUT2D eigenvalue weighted by Gasteiger charge is 2.14. The van der Waals surface area contributed by atoms with E-state index in [2.05, 4.69) is 15.6 Å². The molecule has 1 aromatic heterocycles. The van der Waals surface area contributed by atoms with E-state index in [1.807, 2.05) is 13.8 Å². The molecule has 2 N–H and O–H groups in total. The zero-order valence-electron chi connectivity index (χ0n) is 12.8. The van der Waals surface area contributed by atoms with E-state index in [0.29, 0.717) is 11.5 Å². The Balaban J connectivity index is 2.00. The molecule has 1 amide bonds. The lowest BCUT2D eigenvalue weighted by Gasteiger charge is -2.12. The predicted octanol–water partition coefficient (Wildman–Crippen LogP) is 4.34. The monoisotopic (exact) mass is 301 g/mol. The molecule has 0 bridgehead atoms. The average Bonchev–Trinajstić information content (AvgIpc) is 2.50. The van der Waals surface area contributed by atoms with Gasteiger partial charge in [0.15, 0.2) is 0 Å². The second kappa shape index (κ2) is 7.54. The number of carbonyl (C=O) groups excluding carboxylic acids is 1. The summed E-state index contributed by atoms with van der Waals surface area (Å²) in [7, 11) is 0. The van der Waals surface area contributed by atoms with Gasteiger partial charge in [0.25, 0.3) is 0 Å². The van der Waals surface area contributed by atoms with E-state index in [1.165, 1.54) is 12.1 Å². The summed E-state index contributed by atoms with van der Waals surface area (Å²) >= 11 is 0. The number of nitrogens with one attached hydrogen (secondary N) is 2. The molecule has 0 spiro atoms. The van der Waals surface area contributed by atoms with Crippen molar-refractivity contribution in [1.82, 2.24) is 4.98 Å². The number of halogens is 1. The molecule has 2 rings (SSSR count). The first kappa shape index (κ1) is 15.9. The van der Waals surface area contributed by atoms with Gasteiger partial charge in [-0.05, 0) is 43.2 Å². The summed E-state index contributed by atoms with van der Waals surface area (Å²) in [6.45, 7) is 3.99. The first-order valence-electron chi connectivity index (χ1n) is 7.42. The molecule has 22 heavy (non-hydrogen) atoms.